The van der Waals surface area contributed by atoms with Gasteiger partial charge in [-0.15, -0.1) is 0 Å². The molecule has 0 amide bonds. The van der Waals surface area contributed by atoms with E-state index in [2.05, 4.69) is 0 Å². The van der Waals surface area contributed by atoms with Crippen LogP contribution in [-0.4, -0.2) is 26.9 Å². The van der Waals surface area contributed by atoms with Crippen molar-refractivity contribution in [3.63, 3.8) is 0 Å². The topological polar surface area (TPSA) is 18.5 Å². The molecule has 8 heavy (non-hydrogen) atoms. The van der Waals surface area contributed by atoms with Crippen molar-refractivity contribution < 1.29 is 50.3 Å². The number of hydrogen-bond acceptors (Lipinski definition) is 2. The Morgan fingerprint density at radius 1 is 1.38 bits per heavy atom. The summed E-state index contributed by atoms with van der Waals surface area (Å²) in [7, 11) is 3.33. The minimum absolute atomic E-state index is 0. The molecule has 0 aliphatic carbocycles. The van der Waals surface area contributed by atoms with Crippen molar-refractivity contribution in [1.82, 2.24) is 0 Å². The molecule has 0 radical (unpaired) electrons. The van der Waals surface area contributed by atoms with Gasteiger partial charge < -0.3 is 9.47 Å². The molecular formula is C5H12NdO2. The Hall–Kier alpha value is 1.27. The SMILES string of the molecule is COCC(C)OC.[Nd]. The van der Waals surface area contributed by atoms with Crippen LogP contribution in [0.5, 0.6) is 0 Å². The number of rotatable bonds is 3. The summed E-state index contributed by atoms with van der Waals surface area (Å²) in [5.41, 5.74) is 0. The van der Waals surface area contributed by atoms with Crippen molar-refractivity contribution in [2.24, 2.45) is 0 Å². The second-order valence-corrected chi connectivity index (χ2v) is 1.50. The molecule has 0 saturated carbocycles. The van der Waals surface area contributed by atoms with Gasteiger partial charge in [0.05, 0.1) is 12.7 Å². The van der Waals surface area contributed by atoms with Gasteiger partial charge in [-0.1, -0.05) is 0 Å². The molecule has 0 aliphatic heterocycles. The Balaban J connectivity index is 0. The number of ether oxygens (including phenoxy) is 2. The summed E-state index contributed by atoms with van der Waals surface area (Å²) in [4.78, 5) is 0. The van der Waals surface area contributed by atoms with Gasteiger partial charge in [-0.2, -0.15) is 0 Å². The van der Waals surface area contributed by atoms with Crippen LogP contribution in [0.4, 0.5) is 0 Å². The van der Waals surface area contributed by atoms with Crippen LogP contribution in [0.3, 0.4) is 0 Å². The molecule has 2 nitrogen and oxygen atoms in total. The zero-order valence-corrected chi connectivity index (χ0v) is 8.81. The summed E-state index contributed by atoms with van der Waals surface area (Å²) >= 11 is 0. The Morgan fingerprint density at radius 2 is 1.88 bits per heavy atom. The van der Waals surface area contributed by atoms with Crippen molar-refractivity contribution in [1.29, 1.82) is 0 Å². The van der Waals surface area contributed by atoms with E-state index in [0.29, 0.717) is 6.61 Å². The first kappa shape index (κ1) is 12.0. The van der Waals surface area contributed by atoms with Crippen LogP contribution >= 0.6 is 0 Å². The van der Waals surface area contributed by atoms with Gasteiger partial charge >= 0.3 is 0 Å². The quantitative estimate of drug-likeness (QED) is 0.731. The van der Waals surface area contributed by atoms with E-state index in [0.717, 1.165) is 0 Å². The zero-order valence-electron chi connectivity index (χ0n) is 5.60. The fourth-order valence-electron chi connectivity index (χ4n) is 0.303. The Bertz CT molecular complexity index is 41.4. The molecule has 3 heteroatoms. The maximum Gasteiger partial charge on any atom is 0.0776 e. The molecule has 0 bridgehead atoms. The maximum absolute atomic E-state index is 4.87. The molecule has 0 aromatic heterocycles. The van der Waals surface area contributed by atoms with E-state index in [1.807, 2.05) is 6.92 Å². The van der Waals surface area contributed by atoms with E-state index in [9.17, 15) is 0 Å². The van der Waals surface area contributed by atoms with Gasteiger partial charge in [0.1, 0.15) is 0 Å². The van der Waals surface area contributed by atoms with Crippen LogP contribution in [0.25, 0.3) is 0 Å². The van der Waals surface area contributed by atoms with Gasteiger partial charge in [-0.3, -0.25) is 0 Å². The summed E-state index contributed by atoms with van der Waals surface area (Å²) in [6.07, 6.45) is 0.227. The molecule has 0 aromatic carbocycles. The third kappa shape index (κ3) is 7.27. The molecule has 0 rings (SSSR count). The second kappa shape index (κ2) is 8.27. The van der Waals surface area contributed by atoms with Crippen molar-refractivity contribution in [2.75, 3.05) is 20.8 Å². The molecule has 48 valence electrons. The van der Waals surface area contributed by atoms with Crippen molar-refractivity contribution >= 4 is 0 Å². The summed E-state index contributed by atoms with van der Waals surface area (Å²) in [5.74, 6) is 0. The average Bonchev–Trinajstić information content (AvgIpc) is 1.68. The minimum atomic E-state index is 0. The first-order chi connectivity index (χ1) is 3.31. The molecular weight excluding hydrogens is 236 g/mol. The van der Waals surface area contributed by atoms with Crippen LogP contribution in [0.1, 0.15) is 6.92 Å². The maximum atomic E-state index is 4.87. The van der Waals surface area contributed by atoms with E-state index in [1.54, 1.807) is 14.2 Å². The van der Waals surface area contributed by atoms with E-state index >= 15 is 0 Å². The molecule has 0 heterocycles. The van der Waals surface area contributed by atoms with E-state index in [-0.39, 0.29) is 46.9 Å². The predicted octanol–water partition coefficient (Wildman–Crippen LogP) is 0.668. The van der Waals surface area contributed by atoms with Crippen LogP contribution in [0.15, 0.2) is 0 Å². The summed E-state index contributed by atoms with van der Waals surface area (Å²) in [6, 6.07) is 0. The van der Waals surface area contributed by atoms with E-state index < -0.39 is 0 Å². The van der Waals surface area contributed by atoms with Gasteiger partial charge in [0.2, 0.25) is 0 Å². The minimum Gasteiger partial charge on any atom is -0.382 e. The van der Waals surface area contributed by atoms with Gasteiger partial charge in [0.25, 0.3) is 0 Å². The smallest absolute Gasteiger partial charge is 0.0776 e. The molecule has 0 aliphatic rings. The first-order valence-corrected chi connectivity index (χ1v) is 2.33. The summed E-state index contributed by atoms with van der Waals surface area (Å²) in [6.45, 7) is 2.64. The third-order valence-electron chi connectivity index (χ3n) is 0.804. The fraction of sp³-hybridized carbons (Fsp3) is 1.00. The van der Waals surface area contributed by atoms with Gasteiger partial charge in [-0.25, -0.2) is 0 Å². The van der Waals surface area contributed by atoms with E-state index in [1.165, 1.54) is 0 Å². The van der Waals surface area contributed by atoms with Crippen molar-refractivity contribution in [2.45, 2.75) is 13.0 Å². The second-order valence-electron chi connectivity index (χ2n) is 1.50. The number of methoxy groups -OCH3 is 2. The van der Waals surface area contributed by atoms with Crippen molar-refractivity contribution in [3.8, 4) is 0 Å². The molecule has 1 unspecified atom stereocenters. The predicted molar refractivity (Wildman–Crippen MR) is 28.3 cm³/mol. The largest absolute Gasteiger partial charge is 0.382 e. The van der Waals surface area contributed by atoms with Gasteiger partial charge in [0, 0.05) is 55.1 Å². The zero-order chi connectivity index (χ0) is 5.70. The third-order valence-corrected chi connectivity index (χ3v) is 0.804. The van der Waals surface area contributed by atoms with E-state index in [4.69, 9.17) is 9.47 Å². The van der Waals surface area contributed by atoms with Crippen LogP contribution in [0, 0.1) is 40.8 Å². The summed E-state index contributed by atoms with van der Waals surface area (Å²) < 4.78 is 9.64. The Morgan fingerprint density at radius 3 is 2.00 bits per heavy atom. The Kier molecular flexibility index (Phi) is 12.4. The molecule has 0 spiro atoms. The average molecular weight is 248 g/mol. The fourth-order valence-corrected chi connectivity index (χ4v) is 0.303. The first-order valence-electron chi connectivity index (χ1n) is 2.33. The normalized spacial score (nSPS) is 12.4. The molecule has 0 saturated heterocycles. The van der Waals surface area contributed by atoms with Crippen LogP contribution in [0.2, 0.25) is 0 Å². The van der Waals surface area contributed by atoms with Gasteiger partial charge in [0.15, 0.2) is 0 Å². The summed E-state index contributed by atoms with van der Waals surface area (Å²) in [5, 5.41) is 0. The van der Waals surface area contributed by atoms with Crippen LogP contribution in [-0.2, 0) is 9.47 Å². The molecule has 1 atom stereocenters. The monoisotopic (exact) mass is 246 g/mol. The van der Waals surface area contributed by atoms with Crippen LogP contribution < -0.4 is 0 Å². The van der Waals surface area contributed by atoms with Gasteiger partial charge in [-0.05, 0) is 6.92 Å². The molecule has 0 fully saturated rings. The molecule has 0 N–H and O–H groups in total. The van der Waals surface area contributed by atoms with Crippen molar-refractivity contribution in [3.05, 3.63) is 0 Å². The molecule has 0 aromatic rings. The Labute approximate surface area is 83.5 Å². The number of hydrogen-bond donors (Lipinski definition) is 0. The standard InChI is InChI=1S/C5H12O2.Nd/c1-5(7-3)4-6-2;/h5H,4H2,1-3H3;.